The van der Waals surface area contributed by atoms with Gasteiger partial charge in [-0.25, -0.2) is 12.8 Å². The van der Waals surface area contributed by atoms with E-state index in [-0.39, 0.29) is 22.0 Å². The van der Waals surface area contributed by atoms with Crippen LogP contribution in [0.3, 0.4) is 0 Å². The minimum atomic E-state index is -4.79. The number of ether oxygens (including phenoxy) is 1. The zero-order valence-corrected chi connectivity index (χ0v) is 21.4. The lowest BCUT2D eigenvalue weighted by atomic mass is 10.0. The summed E-state index contributed by atoms with van der Waals surface area (Å²) >= 11 is 6.12. The fraction of sp³-hybridized carbons (Fsp3) is 0.231. The summed E-state index contributed by atoms with van der Waals surface area (Å²) < 4.78 is 88.3. The molecule has 0 saturated heterocycles. The maximum absolute atomic E-state index is 14.1. The Morgan fingerprint density at radius 2 is 1.85 bits per heavy atom. The highest BCUT2D eigenvalue weighted by Gasteiger charge is 2.52. The van der Waals surface area contributed by atoms with Crippen LogP contribution in [0.25, 0.3) is 11.1 Å². The largest absolute Gasteiger partial charge is 0.466 e. The number of nitrogens with one attached hydrogen (secondary N) is 1. The van der Waals surface area contributed by atoms with Crippen molar-refractivity contribution in [3.05, 3.63) is 77.1 Å². The summed E-state index contributed by atoms with van der Waals surface area (Å²) in [4.78, 5) is 12.0. The molecule has 7 nitrogen and oxygen atoms in total. The molecular formula is C26H18ClF4N3O4S. The van der Waals surface area contributed by atoms with Gasteiger partial charge in [0.25, 0.3) is 10.0 Å². The first kappa shape index (κ1) is 26.8. The van der Waals surface area contributed by atoms with Gasteiger partial charge >= 0.3 is 6.18 Å². The Labute approximate surface area is 225 Å². The molecule has 0 bridgehead atoms. The molecule has 1 aliphatic heterocycles. The van der Waals surface area contributed by atoms with Crippen molar-refractivity contribution < 1.29 is 35.5 Å². The van der Waals surface area contributed by atoms with Crippen LogP contribution in [0.2, 0.25) is 5.02 Å². The standard InChI is InChI=1S/C26H18ClF4N3O4S/c27-23-18(5-2-6-19(23)28)15-7-8-21-20(11-15)34(13-22(38-21)33-24(35)25(14-32)9-10-25)39(36,37)17-4-1-3-16(12-17)26(29,30)31/h1-8,11-12,22H,9-10,13H2,(H,33,35). The number of benzene rings is 3. The molecule has 39 heavy (non-hydrogen) atoms. The van der Waals surface area contributed by atoms with E-state index in [0.717, 1.165) is 28.6 Å². The Hall–Kier alpha value is -3.82. The summed E-state index contributed by atoms with van der Waals surface area (Å²) in [5.41, 5.74) is -1.89. The average Bonchev–Trinajstić information content (AvgIpc) is 3.71. The van der Waals surface area contributed by atoms with Crippen molar-refractivity contribution in [3.8, 4) is 22.9 Å². The highest BCUT2D eigenvalue weighted by molar-refractivity contribution is 7.92. The number of hydrogen-bond donors (Lipinski definition) is 1. The summed E-state index contributed by atoms with van der Waals surface area (Å²) in [5.74, 6) is -1.36. The molecule has 1 saturated carbocycles. The number of halogens is 5. The minimum Gasteiger partial charge on any atom is -0.466 e. The van der Waals surface area contributed by atoms with Crippen molar-refractivity contribution in [2.45, 2.75) is 30.1 Å². The molecule has 202 valence electrons. The summed E-state index contributed by atoms with van der Waals surface area (Å²) in [6.45, 7) is -0.515. The van der Waals surface area contributed by atoms with Gasteiger partial charge in [-0.2, -0.15) is 18.4 Å². The molecule has 1 atom stereocenters. The molecule has 0 aromatic heterocycles. The van der Waals surface area contributed by atoms with Gasteiger partial charge in [-0.3, -0.25) is 9.10 Å². The third-order valence-electron chi connectivity index (χ3n) is 6.53. The Morgan fingerprint density at radius 1 is 1.13 bits per heavy atom. The number of fused-ring (bicyclic) bond motifs is 1. The molecule has 0 spiro atoms. The number of nitrogens with zero attached hydrogens (tertiary/aromatic N) is 2. The van der Waals surface area contributed by atoms with Crippen LogP contribution in [-0.4, -0.2) is 27.1 Å². The number of alkyl halides is 3. The number of nitriles is 1. The van der Waals surface area contributed by atoms with Gasteiger partial charge in [0.05, 0.1) is 33.8 Å². The van der Waals surface area contributed by atoms with Crippen molar-refractivity contribution in [1.29, 1.82) is 5.26 Å². The monoisotopic (exact) mass is 579 g/mol. The van der Waals surface area contributed by atoms with Crippen LogP contribution in [-0.2, 0) is 21.0 Å². The second-order valence-corrected chi connectivity index (χ2v) is 11.4. The molecule has 3 aromatic rings. The van der Waals surface area contributed by atoms with Crippen molar-refractivity contribution in [2.75, 3.05) is 10.8 Å². The molecule has 1 heterocycles. The van der Waals surface area contributed by atoms with E-state index >= 15 is 0 Å². The lowest BCUT2D eigenvalue weighted by Crippen LogP contribution is -2.53. The van der Waals surface area contributed by atoms with Gasteiger partial charge in [0.15, 0.2) is 6.23 Å². The molecule has 5 rings (SSSR count). The maximum Gasteiger partial charge on any atom is 0.416 e. The number of amides is 1. The molecule has 2 aliphatic rings. The van der Waals surface area contributed by atoms with E-state index in [0.29, 0.717) is 24.5 Å². The molecule has 1 aliphatic carbocycles. The van der Waals surface area contributed by atoms with Crippen LogP contribution in [0.1, 0.15) is 18.4 Å². The van der Waals surface area contributed by atoms with Gasteiger partial charge in [0.1, 0.15) is 17.0 Å². The second-order valence-electron chi connectivity index (χ2n) is 9.12. The SMILES string of the molecule is N#CC1(C(=O)NC2CN(S(=O)(=O)c3cccc(C(F)(F)F)c3)c3cc(-c4cccc(F)c4Cl)ccc3O2)CC1. The Morgan fingerprint density at radius 3 is 2.51 bits per heavy atom. The topological polar surface area (TPSA) is 99.5 Å². The number of sulfonamides is 1. The van der Waals surface area contributed by atoms with Gasteiger partial charge in [-0.1, -0.05) is 35.9 Å². The molecule has 1 amide bonds. The summed E-state index contributed by atoms with van der Waals surface area (Å²) in [6, 6.07) is 13.5. The normalized spacial score (nSPS) is 17.9. The van der Waals surface area contributed by atoms with Crippen molar-refractivity contribution in [3.63, 3.8) is 0 Å². The summed E-state index contributed by atoms with van der Waals surface area (Å²) in [6.07, 6.45) is -5.37. The molecule has 0 radical (unpaired) electrons. The fourth-order valence-corrected chi connectivity index (χ4v) is 5.96. The van der Waals surface area contributed by atoms with Crippen LogP contribution in [0.5, 0.6) is 5.75 Å². The van der Waals surface area contributed by atoms with E-state index in [1.807, 2.05) is 6.07 Å². The van der Waals surface area contributed by atoms with Crippen LogP contribution in [0.15, 0.2) is 65.6 Å². The van der Waals surface area contributed by atoms with Crippen molar-refractivity contribution in [1.82, 2.24) is 5.32 Å². The smallest absolute Gasteiger partial charge is 0.416 e. The molecule has 1 N–H and O–H groups in total. The molecule has 1 fully saturated rings. The van der Waals surface area contributed by atoms with Gasteiger partial charge in [0.2, 0.25) is 5.91 Å². The van der Waals surface area contributed by atoms with E-state index in [1.54, 1.807) is 0 Å². The Kier molecular flexibility index (Phi) is 6.47. The van der Waals surface area contributed by atoms with E-state index < -0.39 is 56.6 Å². The second kappa shape index (κ2) is 9.43. The van der Waals surface area contributed by atoms with Crippen LogP contribution >= 0.6 is 11.6 Å². The zero-order chi connectivity index (χ0) is 28.2. The predicted molar refractivity (Wildman–Crippen MR) is 133 cm³/mol. The number of carbonyl (C=O) groups is 1. The van der Waals surface area contributed by atoms with Crippen LogP contribution in [0.4, 0.5) is 23.2 Å². The Balaban J connectivity index is 1.60. The number of anilines is 1. The third kappa shape index (κ3) is 4.88. The first-order valence-corrected chi connectivity index (χ1v) is 13.3. The van der Waals surface area contributed by atoms with Gasteiger partial charge in [-0.05, 0) is 54.8 Å². The lowest BCUT2D eigenvalue weighted by molar-refractivity contribution is -0.137. The van der Waals surface area contributed by atoms with Gasteiger partial charge in [-0.15, -0.1) is 0 Å². The van der Waals surface area contributed by atoms with Crippen LogP contribution < -0.4 is 14.4 Å². The summed E-state index contributed by atoms with van der Waals surface area (Å²) in [7, 11) is -4.64. The number of rotatable bonds is 5. The van der Waals surface area contributed by atoms with E-state index in [4.69, 9.17) is 16.3 Å². The van der Waals surface area contributed by atoms with E-state index in [9.17, 15) is 36.0 Å². The fourth-order valence-electron chi connectivity index (χ4n) is 4.21. The molecule has 13 heteroatoms. The minimum absolute atomic E-state index is 0.0137. The quantitative estimate of drug-likeness (QED) is 0.403. The molecule has 1 unspecified atom stereocenters. The molecular weight excluding hydrogens is 562 g/mol. The van der Waals surface area contributed by atoms with Gasteiger partial charge in [0, 0.05) is 5.56 Å². The predicted octanol–water partition coefficient (Wildman–Crippen LogP) is 5.50. The number of carbonyl (C=O) groups excluding carboxylic acids is 1. The first-order valence-electron chi connectivity index (χ1n) is 11.5. The van der Waals surface area contributed by atoms with Crippen LogP contribution in [0, 0.1) is 22.6 Å². The Bertz CT molecular complexity index is 1630. The average molecular weight is 580 g/mol. The van der Waals surface area contributed by atoms with E-state index in [1.165, 1.54) is 30.3 Å². The molecule has 3 aromatic carbocycles. The van der Waals surface area contributed by atoms with Crippen molar-refractivity contribution >= 4 is 33.2 Å². The maximum atomic E-state index is 14.1. The summed E-state index contributed by atoms with van der Waals surface area (Å²) in [5, 5.41) is 11.6. The highest BCUT2D eigenvalue weighted by Crippen LogP contribution is 2.46. The third-order valence-corrected chi connectivity index (χ3v) is 8.69. The first-order chi connectivity index (χ1) is 18.4. The lowest BCUT2D eigenvalue weighted by Gasteiger charge is -2.36. The van der Waals surface area contributed by atoms with Gasteiger partial charge < -0.3 is 10.1 Å². The highest BCUT2D eigenvalue weighted by atomic mass is 35.5. The number of hydrogen-bond acceptors (Lipinski definition) is 5. The zero-order valence-electron chi connectivity index (χ0n) is 19.8. The van der Waals surface area contributed by atoms with Crippen molar-refractivity contribution in [2.24, 2.45) is 5.41 Å². The van der Waals surface area contributed by atoms with E-state index in [2.05, 4.69) is 5.32 Å².